The lowest BCUT2D eigenvalue weighted by Gasteiger charge is -2.07. The maximum atomic E-state index is 13.1. The Kier molecular flexibility index (Phi) is 4.26. The molecule has 0 aliphatic carbocycles. The van der Waals surface area contributed by atoms with Crippen molar-refractivity contribution >= 4 is 11.6 Å². The Morgan fingerprint density at radius 1 is 1.27 bits per heavy atom. The van der Waals surface area contributed by atoms with Gasteiger partial charge in [-0.1, -0.05) is 12.1 Å². The molecule has 0 fully saturated rings. The second-order valence-corrected chi connectivity index (χ2v) is 5.54. The van der Waals surface area contributed by atoms with E-state index >= 15 is 0 Å². The van der Waals surface area contributed by atoms with Gasteiger partial charge in [-0.05, 0) is 24.6 Å². The molecule has 0 saturated heterocycles. The first kappa shape index (κ1) is 17.6. The number of nitrogens with zero attached hydrogens (tertiary/aromatic N) is 2. The second kappa shape index (κ2) is 6.28. The van der Waals surface area contributed by atoms with Crippen molar-refractivity contribution in [3.05, 3.63) is 57.9 Å². The summed E-state index contributed by atoms with van der Waals surface area (Å²) in [4.78, 5) is 27.3. The van der Waals surface area contributed by atoms with Crippen LogP contribution in [0.1, 0.15) is 11.4 Å². The van der Waals surface area contributed by atoms with Crippen molar-refractivity contribution in [2.75, 3.05) is 0 Å². The van der Waals surface area contributed by atoms with Gasteiger partial charge in [-0.15, -0.1) is 0 Å². The van der Waals surface area contributed by atoms with Crippen LogP contribution in [-0.2, 0) is 11.3 Å². The number of benzene rings is 1. The molecule has 0 aliphatic heterocycles. The van der Waals surface area contributed by atoms with Gasteiger partial charge in [-0.25, -0.2) is 13.9 Å². The molecule has 2 N–H and O–H groups in total. The number of rotatable bonds is 3. The van der Waals surface area contributed by atoms with Crippen molar-refractivity contribution in [2.24, 2.45) is 0 Å². The number of aryl methyl sites for hydroxylation is 1. The fraction of sp³-hybridized carbons (Fsp3) is 0.188. The van der Waals surface area contributed by atoms with Gasteiger partial charge in [0.25, 0.3) is 5.56 Å². The SMILES string of the molecule is Cc1[nH]n2c(=O)cc(CNC(=O)C(F)(F)F)nc2c1-c1ccc(F)cc1. The highest BCUT2D eigenvalue weighted by Crippen LogP contribution is 2.26. The molecule has 3 rings (SSSR count). The number of nitrogens with one attached hydrogen (secondary N) is 2. The van der Waals surface area contributed by atoms with Gasteiger partial charge >= 0.3 is 12.1 Å². The lowest BCUT2D eigenvalue weighted by molar-refractivity contribution is -0.173. The molecule has 6 nitrogen and oxygen atoms in total. The number of halogens is 4. The van der Waals surface area contributed by atoms with E-state index in [1.54, 1.807) is 12.2 Å². The van der Waals surface area contributed by atoms with E-state index < -0.39 is 30.0 Å². The minimum atomic E-state index is -5.02. The van der Waals surface area contributed by atoms with Crippen LogP contribution >= 0.6 is 0 Å². The molecule has 3 aromatic rings. The molecule has 10 heteroatoms. The lowest BCUT2D eigenvalue weighted by Crippen LogP contribution is -2.36. The smallest absolute Gasteiger partial charge is 0.343 e. The number of aromatic amines is 1. The van der Waals surface area contributed by atoms with E-state index in [0.29, 0.717) is 16.8 Å². The molecule has 0 radical (unpaired) electrons. The van der Waals surface area contributed by atoms with E-state index in [0.717, 1.165) is 10.6 Å². The van der Waals surface area contributed by atoms with Crippen LogP contribution in [0.5, 0.6) is 0 Å². The Labute approximate surface area is 143 Å². The fourth-order valence-corrected chi connectivity index (χ4v) is 2.52. The van der Waals surface area contributed by atoms with Gasteiger partial charge in [-0.2, -0.15) is 13.2 Å². The molecule has 1 aromatic carbocycles. The number of aromatic nitrogens is 3. The zero-order chi connectivity index (χ0) is 19.1. The third-order valence-electron chi connectivity index (χ3n) is 3.67. The predicted octanol–water partition coefficient (Wildman–Crippen LogP) is 2.32. The monoisotopic (exact) mass is 368 g/mol. The molecular weight excluding hydrogens is 356 g/mol. The quantitative estimate of drug-likeness (QED) is 0.697. The van der Waals surface area contributed by atoms with Gasteiger partial charge < -0.3 is 5.32 Å². The van der Waals surface area contributed by atoms with E-state index in [1.165, 1.54) is 24.3 Å². The maximum absolute atomic E-state index is 13.1. The first-order valence-corrected chi connectivity index (χ1v) is 7.39. The molecule has 0 unspecified atom stereocenters. The van der Waals surface area contributed by atoms with Crippen LogP contribution in [-0.4, -0.2) is 26.7 Å². The highest BCUT2D eigenvalue weighted by atomic mass is 19.4. The van der Waals surface area contributed by atoms with Crippen LogP contribution in [0, 0.1) is 12.7 Å². The molecule has 0 aliphatic rings. The summed E-state index contributed by atoms with van der Waals surface area (Å²) in [6.07, 6.45) is -5.02. The fourth-order valence-electron chi connectivity index (χ4n) is 2.52. The molecule has 0 saturated carbocycles. The minimum Gasteiger partial charge on any atom is -0.343 e. The molecular formula is C16H12F4N4O2. The normalized spacial score (nSPS) is 11.7. The Balaban J connectivity index is 2.04. The number of amides is 1. The van der Waals surface area contributed by atoms with Crippen LogP contribution in [0.2, 0.25) is 0 Å². The van der Waals surface area contributed by atoms with E-state index in [1.807, 2.05) is 0 Å². The van der Waals surface area contributed by atoms with Gasteiger partial charge in [-0.3, -0.25) is 14.7 Å². The Morgan fingerprint density at radius 2 is 1.92 bits per heavy atom. The van der Waals surface area contributed by atoms with Crippen LogP contribution in [0.25, 0.3) is 16.8 Å². The second-order valence-electron chi connectivity index (χ2n) is 5.54. The van der Waals surface area contributed by atoms with Crippen LogP contribution < -0.4 is 10.9 Å². The Morgan fingerprint density at radius 3 is 2.54 bits per heavy atom. The average molecular weight is 368 g/mol. The molecule has 1 amide bonds. The van der Waals surface area contributed by atoms with Gasteiger partial charge in [0.15, 0.2) is 5.65 Å². The van der Waals surface area contributed by atoms with E-state index in [4.69, 9.17) is 0 Å². The summed E-state index contributed by atoms with van der Waals surface area (Å²) in [7, 11) is 0. The summed E-state index contributed by atoms with van der Waals surface area (Å²) in [6.45, 7) is 1.12. The summed E-state index contributed by atoms with van der Waals surface area (Å²) in [6, 6.07) is 6.49. The van der Waals surface area contributed by atoms with Crippen molar-refractivity contribution in [3.8, 4) is 11.1 Å². The number of carbonyl (C=O) groups excluding carboxylic acids is 1. The van der Waals surface area contributed by atoms with Crippen LogP contribution in [0.3, 0.4) is 0 Å². The molecule has 0 spiro atoms. The molecule has 2 aromatic heterocycles. The van der Waals surface area contributed by atoms with Gasteiger partial charge in [0.2, 0.25) is 0 Å². The number of alkyl halides is 3. The van der Waals surface area contributed by atoms with Gasteiger partial charge in [0, 0.05) is 17.3 Å². The van der Waals surface area contributed by atoms with Crippen molar-refractivity contribution in [1.82, 2.24) is 19.9 Å². The van der Waals surface area contributed by atoms with Crippen molar-refractivity contribution in [3.63, 3.8) is 0 Å². The van der Waals surface area contributed by atoms with Crippen molar-refractivity contribution in [1.29, 1.82) is 0 Å². The number of H-pyrrole nitrogens is 1. The third kappa shape index (κ3) is 3.30. The Hall–Kier alpha value is -3.17. The number of hydrogen-bond donors (Lipinski definition) is 2. The summed E-state index contributed by atoms with van der Waals surface area (Å²) in [5, 5.41) is 4.48. The zero-order valence-corrected chi connectivity index (χ0v) is 13.3. The molecule has 26 heavy (non-hydrogen) atoms. The van der Waals surface area contributed by atoms with E-state index in [-0.39, 0.29) is 11.3 Å². The average Bonchev–Trinajstić information content (AvgIpc) is 2.89. The molecule has 2 heterocycles. The first-order chi connectivity index (χ1) is 12.2. The molecule has 0 bridgehead atoms. The highest BCUT2D eigenvalue weighted by molar-refractivity contribution is 5.82. The Bertz CT molecular complexity index is 1040. The van der Waals surface area contributed by atoms with Crippen LogP contribution in [0.4, 0.5) is 17.6 Å². The van der Waals surface area contributed by atoms with Gasteiger partial charge in [0.1, 0.15) is 5.82 Å². The van der Waals surface area contributed by atoms with Crippen molar-refractivity contribution in [2.45, 2.75) is 19.6 Å². The predicted molar refractivity (Wildman–Crippen MR) is 83.8 cm³/mol. The number of fused-ring (bicyclic) bond motifs is 1. The zero-order valence-electron chi connectivity index (χ0n) is 13.3. The van der Waals surface area contributed by atoms with Crippen LogP contribution in [0.15, 0.2) is 35.1 Å². The minimum absolute atomic E-state index is 0.0324. The van der Waals surface area contributed by atoms with Gasteiger partial charge in [0.05, 0.1) is 12.2 Å². The van der Waals surface area contributed by atoms with E-state index in [9.17, 15) is 27.2 Å². The summed E-state index contributed by atoms with van der Waals surface area (Å²) in [5.41, 5.74) is 1.23. The topological polar surface area (TPSA) is 79.3 Å². The molecule has 0 atom stereocenters. The standard InChI is InChI=1S/C16H12F4N4O2/c1-8-13(9-2-4-10(17)5-3-9)14-22-11(6-12(25)24(14)23-8)7-21-15(26)16(18,19)20/h2-6,23H,7H2,1H3,(H,21,26). The van der Waals surface area contributed by atoms with Crippen molar-refractivity contribution < 1.29 is 22.4 Å². The first-order valence-electron chi connectivity index (χ1n) is 7.39. The summed E-state index contributed by atoms with van der Waals surface area (Å²) >= 11 is 0. The maximum Gasteiger partial charge on any atom is 0.471 e. The third-order valence-corrected chi connectivity index (χ3v) is 3.67. The summed E-state index contributed by atoms with van der Waals surface area (Å²) < 4.78 is 51.1. The highest BCUT2D eigenvalue weighted by Gasteiger charge is 2.38. The van der Waals surface area contributed by atoms with E-state index in [2.05, 4.69) is 10.1 Å². The number of carbonyl (C=O) groups is 1. The molecule has 136 valence electrons. The largest absolute Gasteiger partial charge is 0.471 e. The number of hydrogen-bond acceptors (Lipinski definition) is 3. The lowest BCUT2D eigenvalue weighted by atomic mass is 10.1. The summed E-state index contributed by atoms with van der Waals surface area (Å²) in [5.74, 6) is -2.56.